The molecule has 0 N–H and O–H groups in total. The fraction of sp³-hybridized carbons (Fsp3) is 0.600. The maximum atomic E-state index is 13.1. The van der Waals surface area contributed by atoms with Gasteiger partial charge in [-0.15, -0.1) is 22.7 Å². The predicted octanol–water partition coefficient (Wildman–Crippen LogP) is 7.04. The Morgan fingerprint density at radius 1 is 1.04 bits per heavy atom. The Morgan fingerprint density at radius 3 is 2.09 bits per heavy atom. The molecule has 1 fully saturated rings. The summed E-state index contributed by atoms with van der Waals surface area (Å²) in [6.45, 7) is 1.96. The van der Waals surface area contributed by atoms with Gasteiger partial charge < -0.3 is 0 Å². The molecule has 2 heterocycles. The molecule has 2 aromatic heterocycles. The van der Waals surface area contributed by atoms with Crippen LogP contribution in [0.15, 0.2) is 11.4 Å². The zero-order valence-electron chi connectivity index (χ0n) is 12.1. The van der Waals surface area contributed by atoms with Crippen LogP contribution in [0.25, 0.3) is 9.40 Å². The van der Waals surface area contributed by atoms with Crippen LogP contribution in [0.3, 0.4) is 0 Å². The van der Waals surface area contributed by atoms with Crippen molar-refractivity contribution in [3.63, 3.8) is 0 Å². The Balaban J connectivity index is 1.84. The standard InChI is InChI=1S/C15H14F6S2/c1-8-7-22-11-6-10(23-12(8)11)9-2-4-13(5-3-9,14(16,17)18)15(19,20)21/h6-7,9H,2-5H2,1H3. The van der Waals surface area contributed by atoms with Gasteiger partial charge in [0.2, 0.25) is 0 Å². The van der Waals surface area contributed by atoms with E-state index in [1.807, 2.05) is 18.4 Å². The van der Waals surface area contributed by atoms with Crippen molar-refractivity contribution in [1.82, 2.24) is 0 Å². The van der Waals surface area contributed by atoms with Crippen LogP contribution in [0.2, 0.25) is 0 Å². The van der Waals surface area contributed by atoms with Crippen LogP contribution in [0, 0.1) is 12.3 Å². The number of rotatable bonds is 1. The second-order valence-electron chi connectivity index (χ2n) is 6.11. The van der Waals surface area contributed by atoms with Crippen LogP contribution in [0.5, 0.6) is 0 Å². The number of hydrogen-bond donors (Lipinski definition) is 0. The lowest BCUT2D eigenvalue weighted by Crippen LogP contribution is -2.51. The van der Waals surface area contributed by atoms with Crippen molar-refractivity contribution in [3.05, 3.63) is 21.9 Å². The summed E-state index contributed by atoms with van der Waals surface area (Å²) in [5, 5.41) is 2.00. The molecule has 128 valence electrons. The van der Waals surface area contributed by atoms with Crippen LogP contribution in [-0.2, 0) is 0 Å². The van der Waals surface area contributed by atoms with Gasteiger partial charge >= 0.3 is 12.4 Å². The van der Waals surface area contributed by atoms with Gasteiger partial charge in [-0.3, -0.25) is 0 Å². The van der Waals surface area contributed by atoms with Crippen molar-refractivity contribution in [3.8, 4) is 0 Å². The minimum absolute atomic E-state index is 0.0775. The highest BCUT2D eigenvalue weighted by atomic mass is 32.1. The van der Waals surface area contributed by atoms with E-state index in [-0.39, 0.29) is 18.8 Å². The molecule has 8 heteroatoms. The lowest BCUT2D eigenvalue weighted by molar-refractivity contribution is -0.350. The van der Waals surface area contributed by atoms with Crippen molar-refractivity contribution in [2.45, 2.75) is 50.9 Å². The third-order valence-corrected chi connectivity index (χ3v) is 7.37. The van der Waals surface area contributed by atoms with Gasteiger partial charge in [0.15, 0.2) is 5.41 Å². The molecule has 0 radical (unpaired) electrons. The number of fused-ring (bicyclic) bond motifs is 1. The third kappa shape index (κ3) is 2.67. The summed E-state index contributed by atoms with van der Waals surface area (Å²) in [6, 6.07) is 1.93. The summed E-state index contributed by atoms with van der Waals surface area (Å²) < 4.78 is 80.6. The van der Waals surface area contributed by atoms with E-state index in [1.165, 1.54) is 11.3 Å². The fourth-order valence-corrected chi connectivity index (χ4v) is 5.78. The first kappa shape index (κ1) is 17.1. The first-order chi connectivity index (χ1) is 10.6. The van der Waals surface area contributed by atoms with Crippen molar-refractivity contribution in [2.75, 3.05) is 0 Å². The highest BCUT2D eigenvalue weighted by Gasteiger charge is 2.70. The van der Waals surface area contributed by atoms with Gasteiger partial charge in [0.1, 0.15) is 0 Å². The van der Waals surface area contributed by atoms with Gasteiger partial charge in [-0.1, -0.05) is 0 Å². The molecule has 23 heavy (non-hydrogen) atoms. The molecule has 0 spiro atoms. The normalized spacial score (nSPS) is 20.3. The Kier molecular flexibility index (Phi) is 3.99. The summed E-state index contributed by atoms with van der Waals surface area (Å²) in [7, 11) is 0. The molecule has 1 saturated carbocycles. The number of halogens is 6. The molecule has 0 amide bonds. The smallest absolute Gasteiger partial charge is 0.170 e. The van der Waals surface area contributed by atoms with Gasteiger partial charge in [0.05, 0.1) is 0 Å². The topological polar surface area (TPSA) is 0 Å². The highest BCUT2D eigenvalue weighted by molar-refractivity contribution is 7.27. The van der Waals surface area contributed by atoms with Gasteiger partial charge in [-0.05, 0) is 55.5 Å². The Hall–Kier alpha value is -0.760. The van der Waals surface area contributed by atoms with E-state index in [1.54, 1.807) is 11.3 Å². The van der Waals surface area contributed by atoms with Crippen molar-refractivity contribution in [1.29, 1.82) is 0 Å². The first-order valence-corrected chi connectivity index (χ1v) is 8.86. The van der Waals surface area contributed by atoms with Crippen LogP contribution >= 0.6 is 22.7 Å². The second-order valence-corrected chi connectivity index (χ2v) is 8.11. The molecule has 1 aliphatic carbocycles. The fourth-order valence-electron chi connectivity index (χ4n) is 3.28. The zero-order valence-corrected chi connectivity index (χ0v) is 13.8. The highest BCUT2D eigenvalue weighted by Crippen LogP contribution is 2.60. The molecule has 0 aliphatic heterocycles. The molecule has 0 unspecified atom stereocenters. The summed E-state index contributed by atoms with van der Waals surface area (Å²) in [5.74, 6) is -0.211. The van der Waals surface area contributed by atoms with Crippen molar-refractivity contribution < 1.29 is 26.3 Å². The van der Waals surface area contributed by atoms with E-state index in [4.69, 9.17) is 0 Å². The molecule has 0 nitrogen and oxygen atoms in total. The Labute approximate surface area is 137 Å². The average Bonchev–Trinajstić information content (AvgIpc) is 2.99. The molecule has 0 atom stereocenters. The lowest BCUT2D eigenvalue weighted by Gasteiger charge is -2.42. The van der Waals surface area contributed by atoms with Crippen LogP contribution in [0.1, 0.15) is 42.0 Å². The molecule has 2 aromatic rings. The quantitative estimate of drug-likeness (QED) is 0.471. The molecule has 1 aliphatic rings. The van der Waals surface area contributed by atoms with Crippen LogP contribution in [-0.4, -0.2) is 12.4 Å². The van der Waals surface area contributed by atoms with E-state index in [2.05, 4.69) is 0 Å². The first-order valence-electron chi connectivity index (χ1n) is 7.16. The minimum atomic E-state index is -5.25. The molecule has 0 saturated heterocycles. The van der Waals surface area contributed by atoms with E-state index in [0.29, 0.717) is 0 Å². The SMILES string of the molecule is Cc1csc2cc(C3CCC(C(F)(F)F)(C(F)(F)F)CC3)sc12. The molecular weight excluding hydrogens is 358 g/mol. The minimum Gasteiger partial charge on any atom is -0.170 e. The van der Waals surface area contributed by atoms with Crippen molar-refractivity contribution >= 4 is 32.1 Å². The molecular formula is C15H14F6S2. The Bertz CT molecular complexity index is 682. The average molecular weight is 372 g/mol. The van der Waals surface area contributed by atoms with E-state index >= 15 is 0 Å². The largest absolute Gasteiger partial charge is 0.403 e. The number of thiophene rings is 2. The van der Waals surface area contributed by atoms with Gasteiger partial charge in [0, 0.05) is 14.3 Å². The maximum absolute atomic E-state index is 13.1. The lowest BCUT2D eigenvalue weighted by atomic mass is 9.69. The van der Waals surface area contributed by atoms with Gasteiger partial charge in [-0.2, -0.15) is 26.3 Å². The predicted molar refractivity (Wildman–Crippen MR) is 80.2 cm³/mol. The molecule has 3 rings (SSSR count). The summed E-state index contributed by atoms with van der Waals surface area (Å²) in [6.07, 6.45) is -12.4. The van der Waals surface area contributed by atoms with Gasteiger partial charge in [-0.25, -0.2) is 0 Å². The number of alkyl halides is 6. The molecule has 0 bridgehead atoms. The Morgan fingerprint density at radius 2 is 1.61 bits per heavy atom. The van der Waals surface area contributed by atoms with E-state index in [9.17, 15) is 26.3 Å². The van der Waals surface area contributed by atoms with E-state index < -0.39 is 30.6 Å². The van der Waals surface area contributed by atoms with Crippen molar-refractivity contribution in [2.24, 2.45) is 5.41 Å². The maximum Gasteiger partial charge on any atom is 0.403 e. The number of hydrogen-bond acceptors (Lipinski definition) is 2. The zero-order chi connectivity index (χ0) is 17.0. The molecule has 0 aromatic carbocycles. The third-order valence-electron chi connectivity index (χ3n) is 4.76. The van der Waals surface area contributed by atoms with Crippen LogP contribution < -0.4 is 0 Å². The monoisotopic (exact) mass is 372 g/mol. The second kappa shape index (κ2) is 5.37. The van der Waals surface area contributed by atoms with Crippen LogP contribution in [0.4, 0.5) is 26.3 Å². The summed E-state index contributed by atoms with van der Waals surface area (Å²) in [4.78, 5) is 0.910. The summed E-state index contributed by atoms with van der Waals surface area (Å²) in [5.41, 5.74) is -2.43. The summed E-state index contributed by atoms with van der Waals surface area (Å²) >= 11 is 3.06. The number of aryl methyl sites for hydroxylation is 1. The van der Waals surface area contributed by atoms with Gasteiger partial charge in [0.25, 0.3) is 0 Å². The van der Waals surface area contributed by atoms with E-state index in [0.717, 1.165) is 19.8 Å².